The minimum atomic E-state index is -1.23. The summed E-state index contributed by atoms with van der Waals surface area (Å²) < 4.78 is 0. The fourth-order valence-corrected chi connectivity index (χ4v) is 2.78. The molecule has 0 heterocycles. The first-order valence-corrected chi connectivity index (χ1v) is 7.60. The van der Waals surface area contributed by atoms with E-state index in [1.165, 1.54) is 0 Å². The molecule has 0 spiro atoms. The van der Waals surface area contributed by atoms with Gasteiger partial charge >= 0.3 is 23.9 Å². The fourth-order valence-electron chi connectivity index (χ4n) is 2.78. The second-order valence-corrected chi connectivity index (χ2v) is 5.86. The van der Waals surface area contributed by atoms with Crippen LogP contribution in [0.15, 0.2) is 0 Å². The first kappa shape index (κ1) is 19.8. The van der Waals surface area contributed by atoms with Gasteiger partial charge < -0.3 is 31.1 Å². The zero-order chi connectivity index (χ0) is 18.3. The van der Waals surface area contributed by atoms with Crippen LogP contribution in [0, 0.1) is 0 Å². The Morgan fingerprint density at radius 1 is 0.708 bits per heavy atom. The number of hydrogen-bond donors (Lipinski definition) is 6. The molecule has 10 heteroatoms. The van der Waals surface area contributed by atoms with Gasteiger partial charge in [-0.1, -0.05) is 0 Å². The molecule has 0 radical (unpaired) electrons. The molecule has 0 bridgehead atoms. The van der Waals surface area contributed by atoms with E-state index in [0.717, 1.165) is 0 Å². The molecule has 1 aliphatic rings. The van der Waals surface area contributed by atoms with Crippen LogP contribution in [0.3, 0.4) is 0 Å². The van der Waals surface area contributed by atoms with Crippen LogP contribution in [-0.4, -0.2) is 68.5 Å². The van der Waals surface area contributed by atoms with Gasteiger partial charge in [0.2, 0.25) is 0 Å². The number of aliphatic carboxylic acids is 4. The molecule has 0 aromatic rings. The third kappa shape index (κ3) is 6.92. The van der Waals surface area contributed by atoms with E-state index in [2.05, 4.69) is 10.6 Å². The van der Waals surface area contributed by atoms with Crippen LogP contribution < -0.4 is 10.6 Å². The Morgan fingerprint density at radius 2 is 1.00 bits per heavy atom. The van der Waals surface area contributed by atoms with E-state index in [0.29, 0.717) is 25.7 Å². The molecule has 1 saturated carbocycles. The minimum absolute atomic E-state index is 0.175. The van der Waals surface area contributed by atoms with Crippen LogP contribution >= 0.6 is 0 Å². The van der Waals surface area contributed by atoms with Crippen molar-refractivity contribution in [1.82, 2.24) is 10.6 Å². The van der Waals surface area contributed by atoms with Crippen molar-refractivity contribution in [3.05, 3.63) is 0 Å². The second kappa shape index (κ2) is 9.18. The molecule has 0 saturated heterocycles. The summed E-state index contributed by atoms with van der Waals surface area (Å²) in [7, 11) is 0. The van der Waals surface area contributed by atoms with E-state index in [4.69, 9.17) is 20.4 Å². The molecular formula is C14H22N2O8. The van der Waals surface area contributed by atoms with Gasteiger partial charge in [0.25, 0.3) is 0 Å². The van der Waals surface area contributed by atoms with Gasteiger partial charge in [-0.25, -0.2) is 0 Å². The quantitative estimate of drug-likeness (QED) is 0.298. The molecule has 0 aromatic heterocycles. The normalized spacial score (nSPS) is 23.2. The van der Waals surface area contributed by atoms with Gasteiger partial charge in [-0.3, -0.25) is 19.2 Å². The average molecular weight is 346 g/mol. The Labute approximate surface area is 137 Å². The molecule has 0 aromatic carbocycles. The number of carbonyl (C=O) groups is 4. The summed E-state index contributed by atoms with van der Waals surface area (Å²) in [4.78, 5) is 43.4. The largest absolute Gasteiger partial charge is 0.481 e. The molecule has 1 fully saturated rings. The van der Waals surface area contributed by atoms with Crippen molar-refractivity contribution in [2.24, 2.45) is 0 Å². The molecule has 136 valence electrons. The summed E-state index contributed by atoms with van der Waals surface area (Å²) in [5.41, 5.74) is 0. The van der Waals surface area contributed by atoms with Gasteiger partial charge in [0.15, 0.2) is 0 Å². The lowest BCUT2D eigenvalue weighted by Crippen LogP contribution is -2.50. The number of carboxylic acid groups (broad SMARTS) is 4. The van der Waals surface area contributed by atoms with Crippen molar-refractivity contribution in [3.63, 3.8) is 0 Å². The Kier molecular flexibility index (Phi) is 7.59. The Hall–Kier alpha value is -2.20. The summed E-state index contributed by atoms with van der Waals surface area (Å²) in [5, 5.41) is 41.0. The van der Waals surface area contributed by atoms with Crippen molar-refractivity contribution in [2.45, 2.75) is 62.7 Å². The predicted octanol–water partition coefficient (Wildman–Crippen LogP) is -0.667. The minimum Gasteiger partial charge on any atom is -0.481 e. The lowest BCUT2D eigenvalue weighted by molar-refractivity contribution is -0.146. The third-order valence-electron chi connectivity index (χ3n) is 3.95. The van der Waals surface area contributed by atoms with Crippen LogP contribution in [0.4, 0.5) is 0 Å². The van der Waals surface area contributed by atoms with Gasteiger partial charge in [0.1, 0.15) is 12.1 Å². The molecule has 24 heavy (non-hydrogen) atoms. The highest BCUT2D eigenvalue weighted by atomic mass is 16.4. The molecule has 1 rings (SSSR count). The SMILES string of the molecule is O=C(O)C[C@H](NC1CCC(N[C@@H](CC(=O)O)C(=O)O)CC1)C(=O)O. The smallest absolute Gasteiger partial charge is 0.321 e. The van der Waals surface area contributed by atoms with Crippen LogP contribution in [0.25, 0.3) is 0 Å². The van der Waals surface area contributed by atoms with Crippen LogP contribution in [0.2, 0.25) is 0 Å². The van der Waals surface area contributed by atoms with E-state index >= 15 is 0 Å². The molecule has 6 N–H and O–H groups in total. The maximum atomic E-state index is 11.0. The maximum absolute atomic E-state index is 11.0. The summed E-state index contributed by atoms with van der Waals surface area (Å²) in [6.45, 7) is 0. The predicted molar refractivity (Wildman–Crippen MR) is 79.7 cm³/mol. The van der Waals surface area contributed by atoms with Gasteiger partial charge in [-0.05, 0) is 25.7 Å². The fraction of sp³-hybridized carbons (Fsp3) is 0.714. The van der Waals surface area contributed by atoms with Crippen molar-refractivity contribution in [3.8, 4) is 0 Å². The van der Waals surface area contributed by atoms with Crippen molar-refractivity contribution in [1.29, 1.82) is 0 Å². The Morgan fingerprint density at radius 3 is 1.21 bits per heavy atom. The molecule has 0 unspecified atom stereocenters. The first-order valence-electron chi connectivity index (χ1n) is 7.60. The summed E-state index contributed by atoms with van der Waals surface area (Å²) in [5.74, 6) is -4.87. The van der Waals surface area contributed by atoms with Gasteiger partial charge in [0.05, 0.1) is 12.8 Å². The van der Waals surface area contributed by atoms with Gasteiger partial charge in [-0.2, -0.15) is 0 Å². The Balaban J connectivity index is 2.47. The molecule has 2 atom stereocenters. The zero-order valence-corrected chi connectivity index (χ0v) is 13.0. The third-order valence-corrected chi connectivity index (χ3v) is 3.95. The molecule has 1 aliphatic carbocycles. The van der Waals surface area contributed by atoms with Crippen molar-refractivity contribution in [2.75, 3.05) is 0 Å². The van der Waals surface area contributed by atoms with E-state index in [1.807, 2.05) is 0 Å². The highest BCUT2D eigenvalue weighted by Crippen LogP contribution is 2.20. The summed E-state index contributed by atoms with van der Waals surface area (Å²) >= 11 is 0. The first-order chi connectivity index (χ1) is 11.2. The highest BCUT2D eigenvalue weighted by Gasteiger charge is 2.30. The molecule has 0 aliphatic heterocycles. The second-order valence-electron chi connectivity index (χ2n) is 5.86. The van der Waals surface area contributed by atoms with E-state index in [9.17, 15) is 19.2 Å². The van der Waals surface area contributed by atoms with E-state index < -0.39 is 48.8 Å². The summed E-state index contributed by atoms with van der Waals surface area (Å²) in [6, 6.07) is -2.69. The van der Waals surface area contributed by atoms with Crippen LogP contribution in [0.5, 0.6) is 0 Å². The lowest BCUT2D eigenvalue weighted by atomic mass is 9.90. The topological polar surface area (TPSA) is 173 Å². The average Bonchev–Trinajstić information content (AvgIpc) is 2.46. The monoisotopic (exact) mass is 346 g/mol. The van der Waals surface area contributed by atoms with Gasteiger partial charge in [-0.15, -0.1) is 0 Å². The number of carboxylic acids is 4. The number of hydrogen-bond acceptors (Lipinski definition) is 6. The van der Waals surface area contributed by atoms with E-state index in [-0.39, 0.29) is 12.1 Å². The molecule has 0 amide bonds. The highest BCUT2D eigenvalue weighted by molar-refractivity contribution is 5.81. The molecule has 10 nitrogen and oxygen atoms in total. The summed E-state index contributed by atoms with van der Waals surface area (Å²) in [6.07, 6.45) is 1.13. The van der Waals surface area contributed by atoms with Crippen molar-refractivity contribution < 1.29 is 39.6 Å². The lowest BCUT2D eigenvalue weighted by Gasteiger charge is -2.32. The Bertz CT molecular complexity index is 443. The van der Waals surface area contributed by atoms with Crippen molar-refractivity contribution >= 4 is 23.9 Å². The van der Waals surface area contributed by atoms with Crippen LogP contribution in [0.1, 0.15) is 38.5 Å². The molecular weight excluding hydrogens is 324 g/mol. The van der Waals surface area contributed by atoms with Crippen LogP contribution in [-0.2, 0) is 19.2 Å². The maximum Gasteiger partial charge on any atom is 0.321 e. The van der Waals surface area contributed by atoms with Gasteiger partial charge in [0, 0.05) is 12.1 Å². The number of nitrogens with one attached hydrogen (secondary N) is 2. The van der Waals surface area contributed by atoms with E-state index in [1.54, 1.807) is 0 Å². The number of rotatable bonds is 10. The standard InChI is InChI=1S/C14H22N2O8/c17-11(18)5-9(13(21)22)15-7-1-2-8(4-3-7)16-10(14(23)24)6-12(19)20/h7-10,15-16H,1-6H2,(H,17,18)(H,19,20)(H,21,22)(H,23,24)/t7?,8?,9-,10-/m0/s1. The zero-order valence-electron chi connectivity index (χ0n) is 13.0.